The van der Waals surface area contributed by atoms with Crippen LogP contribution in [0, 0.1) is 28.5 Å². The number of nitrogen functional groups attached to an aromatic ring is 1. The van der Waals surface area contributed by atoms with Crippen molar-refractivity contribution in [3.05, 3.63) is 80.3 Å². The lowest BCUT2D eigenvalue weighted by Crippen LogP contribution is -2.16. The summed E-state index contributed by atoms with van der Waals surface area (Å²) in [5.74, 6) is -0.172. The van der Waals surface area contributed by atoms with Crippen molar-refractivity contribution in [1.82, 2.24) is 4.98 Å². The van der Waals surface area contributed by atoms with E-state index >= 15 is 0 Å². The van der Waals surface area contributed by atoms with E-state index in [4.69, 9.17) is 22.1 Å². The van der Waals surface area contributed by atoms with Gasteiger partial charge in [-0.1, -0.05) is 29.8 Å². The zero-order chi connectivity index (χ0) is 20.3. The molecule has 8 heteroatoms. The molecule has 28 heavy (non-hydrogen) atoms. The number of anilines is 1. The average molecular weight is 395 g/mol. The molecule has 6 nitrogen and oxygen atoms in total. The molecule has 0 bridgehead atoms. The van der Waals surface area contributed by atoms with E-state index in [1.165, 1.54) is 12.1 Å². The van der Waals surface area contributed by atoms with E-state index in [0.29, 0.717) is 11.3 Å². The third kappa shape index (κ3) is 3.52. The molecule has 0 unspecified atom stereocenters. The zero-order valence-corrected chi connectivity index (χ0v) is 15.0. The Labute approximate surface area is 164 Å². The molecule has 138 valence electrons. The number of H-pyrrole nitrogens is 1. The van der Waals surface area contributed by atoms with Crippen molar-refractivity contribution in [2.75, 3.05) is 5.73 Å². The minimum Gasteiger partial charge on any atom is -0.489 e. The van der Waals surface area contributed by atoms with E-state index in [-0.39, 0.29) is 39.7 Å². The Morgan fingerprint density at radius 1 is 1.11 bits per heavy atom. The predicted molar refractivity (Wildman–Crippen MR) is 102 cm³/mol. The number of ether oxygens (including phenoxy) is 1. The van der Waals surface area contributed by atoms with E-state index in [1.807, 2.05) is 6.07 Å². The Kier molecular flexibility index (Phi) is 5.30. The summed E-state index contributed by atoms with van der Waals surface area (Å²) in [5.41, 5.74) is 5.64. The molecule has 0 aliphatic carbocycles. The molecule has 1 aromatic heterocycles. The van der Waals surface area contributed by atoms with Crippen LogP contribution in [0.1, 0.15) is 16.7 Å². The lowest BCUT2D eigenvalue weighted by atomic mass is 9.96. The summed E-state index contributed by atoms with van der Waals surface area (Å²) in [6.07, 6.45) is 0. The maximum atomic E-state index is 13.8. The van der Waals surface area contributed by atoms with Gasteiger partial charge < -0.3 is 15.5 Å². The van der Waals surface area contributed by atoms with Crippen LogP contribution in [0.2, 0.25) is 5.02 Å². The first-order chi connectivity index (χ1) is 13.5. The molecule has 1 heterocycles. The normalized spacial score (nSPS) is 10.1. The van der Waals surface area contributed by atoms with Crippen LogP contribution < -0.4 is 16.0 Å². The van der Waals surface area contributed by atoms with Crippen molar-refractivity contribution in [2.45, 2.75) is 6.61 Å². The zero-order valence-electron chi connectivity index (χ0n) is 14.3. The van der Waals surface area contributed by atoms with Gasteiger partial charge >= 0.3 is 0 Å². The Hall–Kier alpha value is -3.81. The number of halogens is 2. The van der Waals surface area contributed by atoms with E-state index in [2.05, 4.69) is 4.98 Å². The van der Waals surface area contributed by atoms with Crippen LogP contribution in [0.15, 0.2) is 47.3 Å². The highest BCUT2D eigenvalue weighted by Crippen LogP contribution is 2.30. The van der Waals surface area contributed by atoms with E-state index in [9.17, 15) is 19.7 Å². The number of nitriles is 2. The highest BCUT2D eigenvalue weighted by molar-refractivity contribution is 6.31. The highest BCUT2D eigenvalue weighted by atomic mass is 35.5. The van der Waals surface area contributed by atoms with Crippen molar-refractivity contribution in [1.29, 1.82) is 10.5 Å². The maximum Gasteiger partial charge on any atom is 0.268 e. The van der Waals surface area contributed by atoms with Gasteiger partial charge in [0.05, 0.1) is 5.02 Å². The van der Waals surface area contributed by atoms with Gasteiger partial charge in [0.15, 0.2) is 0 Å². The summed E-state index contributed by atoms with van der Waals surface area (Å²) in [7, 11) is 0. The molecule has 0 spiro atoms. The van der Waals surface area contributed by atoms with Crippen LogP contribution in [0.5, 0.6) is 5.75 Å². The number of pyridine rings is 1. The largest absolute Gasteiger partial charge is 0.489 e. The Bertz CT molecular complexity index is 1170. The van der Waals surface area contributed by atoms with Gasteiger partial charge in [-0.2, -0.15) is 10.5 Å². The van der Waals surface area contributed by atoms with Crippen LogP contribution in [-0.2, 0) is 6.61 Å². The number of nitrogens with two attached hydrogens (primary N) is 1. The van der Waals surface area contributed by atoms with Gasteiger partial charge in [0.2, 0.25) is 0 Å². The Morgan fingerprint density at radius 3 is 2.39 bits per heavy atom. The molecule has 0 atom stereocenters. The second-order valence-corrected chi connectivity index (χ2v) is 6.14. The first kappa shape index (κ1) is 19.0. The van der Waals surface area contributed by atoms with E-state index in [1.54, 1.807) is 36.4 Å². The quantitative estimate of drug-likeness (QED) is 0.699. The van der Waals surface area contributed by atoms with Crippen LogP contribution >= 0.6 is 11.6 Å². The fourth-order valence-corrected chi connectivity index (χ4v) is 2.89. The van der Waals surface area contributed by atoms with E-state index < -0.39 is 11.4 Å². The van der Waals surface area contributed by atoms with Crippen LogP contribution in [0.3, 0.4) is 0 Å². The fraction of sp³-hybridized carbons (Fsp3) is 0.0500. The average Bonchev–Trinajstić information content (AvgIpc) is 2.67. The molecule has 3 rings (SSSR count). The molecule has 0 aliphatic heterocycles. The summed E-state index contributed by atoms with van der Waals surface area (Å²) in [6, 6.07) is 14.4. The summed E-state index contributed by atoms with van der Waals surface area (Å²) >= 11 is 5.97. The summed E-state index contributed by atoms with van der Waals surface area (Å²) in [4.78, 5) is 14.3. The summed E-state index contributed by atoms with van der Waals surface area (Å²) in [5, 5.41) is 18.9. The third-order valence-electron chi connectivity index (χ3n) is 4.06. The van der Waals surface area contributed by atoms with Gasteiger partial charge in [0, 0.05) is 11.1 Å². The van der Waals surface area contributed by atoms with E-state index in [0.717, 1.165) is 0 Å². The fourth-order valence-electron chi connectivity index (χ4n) is 2.68. The lowest BCUT2D eigenvalue weighted by molar-refractivity contribution is 0.300. The first-order valence-corrected chi connectivity index (χ1v) is 8.36. The monoisotopic (exact) mass is 394 g/mol. The Morgan fingerprint density at radius 2 is 1.79 bits per heavy atom. The van der Waals surface area contributed by atoms with Gasteiger partial charge in [0.1, 0.15) is 47.3 Å². The Balaban J connectivity index is 1.93. The van der Waals surface area contributed by atoms with Crippen molar-refractivity contribution in [3.63, 3.8) is 0 Å². The smallest absolute Gasteiger partial charge is 0.268 e. The number of aromatic nitrogens is 1. The number of aromatic amines is 1. The number of nitrogens with one attached hydrogen (secondary N) is 1. The maximum absolute atomic E-state index is 13.8. The molecule has 2 aromatic carbocycles. The molecular weight excluding hydrogens is 383 g/mol. The van der Waals surface area contributed by atoms with Gasteiger partial charge in [-0.15, -0.1) is 0 Å². The number of benzene rings is 2. The molecule has 0 saturated heterocycles. The van der Waals surface area contributed by atoms with Crippen molar-refractivity contribution >= 4 is 17.4 Å². The lowest BCUT2D eigenvalue weighted by Gasteiger charge is -2.11. The number of rotatable bonds is 4. The first-order valence-electron chi connectivity index (χ1n) is 7.98. The van der Waals surface area contributed by atoms with Crippen LogP contribution in [0.4, 0.5) is 10.2 Å². The molecule has 0 radical (unpaired) electrons. The van der Waals surface area contributed by atoms with Crippen LogP contribution in [-0.4, -0.2) is 4.98 Å². The van der Waals surface area contributed by atoms with Crippen molar-refractivity contribution in [2.24, 2.45) is 0 Å². The second-order valence-electron chi connectivity index (χ2n) is 5.73. The van der Waals surface area contributed by atoms with Crippen LogP contribution in [0.25, 0.3) is 11.1 Å². The molecule has 3 N–H and O–H groups in total. The number of nitrogens with zero attached hydrogens (tertiary/aromatic N) is 2. The number of hydrogen-bond acceptors (Lipinski definition) is 5. The third-order valence-corrected chi connectivity index (χ3v) is 4.41. The van der Waals surface area contributed by atoms with Gasteiger partial charge in [-0.05, 0) is 29.8 Å². The van der Waals surface area contributed by atoms with Gasteiger partial charge in [-0.3, -0.25) is 4.79 Å². The SMILES string of the molecule is N#Cc1c(N)[nH]c(=O)c(C#N)c1-c1ccc(OCc2c(F)cccc2Cl)cc1. The van der Waals surface area contributed by atoms with Gasteiger partial charge in [-0.25, -0.2) is 4.39 Å². The molecule has 0 aliphatic rings. The van der Waals surface area contributed by atoms with Gasteiger partial charge in [0.25, 0.3) is 5.56 Å². The molecule has 0 saturated carbocycles. The van der Waals surface area contributed by atoms with Crippen molar-refractivity contribution in [3.8, 4) is 29.0 Å². The minimum absolute atomic E-state index is 0.00274. The molecule has 3 aromatic rings. The summed E-state index contributed by atoms with van der Waals surface area (Å²) in [6.45, 7) is -0.0737. The standard InChI is InChI=1S/C20H12ClFN4O2/c21-16-2-1-3-17(22)15(16)10-28-12-6-4-11(5-7-12)18-13(8-23)19(25)26-20(27)14(18)9-24/h1-7H,10H2,(H3,25,26,27). The topological polar surface area (TPSA) is 116 Å². The van der Waals surface area contributed by atoms with Crippen molar-refractivity contribution < 1.29 is 9.13 Å². The molecule has 0 amide bonds. The molecular formula is C20H12ClFN4O2. The predicted octanol–water partition coefficient (Wildman–Crippen LogP) is 3.74. The second kappa shape index (κ2) is 7.83. The minimum atomic E-state index is -0.677. The number of hydrogen-bond donors (Lipinski definition) is 2. The molecule has 0 fully saturated rings. The summed E-state index contributed by atoms with van der Waals surface area (Å²) < 4.78 is 19.4. The highest BCUT2D eigenvalue weighted by Gasteiger charge is 2.18.